The molecule has 0 spiro atoms. The summed E-state index contributed by atoms with van der Waals surface area (Å²) < 4.78 is 0.527. The molecule has 5 nitrogen and oxygen atoms in total. The largest absolute Gasteiger partial charge is 0.311 e. The summed E-state index contributed by atoms with van der Waals surface area (Å²) in [6, 6.07) is 12.3. The molecule has 1 amide bonds. The molecule has 2 aromatic heterocycles. The number of aromatic nitrogens is 2. The number of rotatable bonds is 5. The van der Waals surface area contributed by atoms with Crippen molar-refractivity contribution in [1.82, 2.24) is 9.97 Å². The summed E-state index contributed by atoms with van der Waals surface area (Å²) in [5.74, 6) is 0.385. The zero-order valence-electron chi connectivity index (χ0n) is 15.4. The standard InChI is InChI=1S/C21H17BrN4OS2/c22-16-11-24-21(28-12-13-6-2-1-3-7-13)25-18(16)19(27)26-20-15(10-23)14-8-4-5-9-17(14)29-20/h1-3,6-7,11H,4-5,8-9,12H2,(H,26,27). The lowest BCUT2D eigenvalue weighted by atomic mass is 9.96. The molecule has 146 valence electrons. The minimum atomic E-state index is -0.337. The number of hydrogen-bond acceptors (Lipinski definition) is 6. The van der Waals surface area contributed by atoms with Crippen LogP contribution in [-0.4, -0.2) is 15.9 Å². The number of thiophene rings is 1. The van der Waals surface area contributed by atoms with E-state index in [9.17, 15) is 10.1 Å². The van der Waals surface area contributed by atoms with E-state index in [1.165, 1.54) is 28.0 Å². The first-order valence-electron chi connectivity index (χ1n) is 9.21. The lowest BCUT2D eigenvalue weighted by molar-refractivity contribution is 0.102. The monoisotopic (exact) mass is 484 g/mol. The number of benzene rings is 1. The fourth-order valence-electron chi connectivity index (χ4n) is 3.24. The van der Waals surface area contributed by atoms with Crippen LogP contribution in [0.25, 0.3) is 0 Å². The SMILES string of the molecule is N#Cc1c(NC(=O)c2nc(SCc3ccccc3)ncc2Br)sc2c1CCCC2. The molecule has 8 heteroatoms. The number of halogens is 1. The highest BCUT2D eigenvalue weighted by Gasteiger charge is 2.23. The Morgan fingerprint density at radius 3 is 2.86 bits per heavy atom. The Hall–Kier alpha value is -2.21. The van der Waals surface area contributed by atoms with Gasteiger partial charge in [0.2, 0.25) is 0 Å². The van der Waals surface area contributed by atoms with Crippen LogP contribution in [0.15, 0.2) is 46.2 Å². The third kappa shape index (κ3) is 4.53. The highest BCUT2D eigenvalue weighted by atomic mass is 79.9. The van der Waals surface area contributed by atoms with Gasteiger partial charge in [-0.15, -0.1) is 11.3 Å². The van der Waals surface area contributed by atoms with Crippen LogP contribution >= 0.6 is 39.0 Å². The Bertz CT molecular complexity index is 1090. The number of amides is 1. The fourth-order valence-corrected chi connectivity index (χ4v) is 5.61. The Kier molecular flexibility index (Phi) is 6.28. The quantitative estimate of drug-likeness (QED) is 0.376. The lowest BCUT2D eigenvalue weighted by Crippen LogP contribution is -2.15. The van der Waals surface area contributed by atoms with E-state index in [4.69, 9.17) is 0 Å². The molecular weight excluding hydrogens is 468 g/mol. The molecule has 0 fully saturated rings. The number of nitrogens with zero attached hydrogens (tertiary/aromatic N) is 3. The molecule has 1 aromatic carbocycles. The molecule has 1 aliphatic carbocycles. The molecule has 0 saturated carbocycles. The fraction of sp³-hybridized carbons (Fsp3) is 0.238. The molecule has 0 radical (unpaired) electrons. The van der Waals surface area contributed by atoms with Crippen LogP contribution < -0.4 is 5.32 Å². The van der Waals surface area contributed by atoms with Gasteiger partial charge >= 0.3 is 0 Å². The van der Waals surface area contributed by atoms with E-state index in [1.807, 2.05) is 30.3 Å². The van der Waals surface area contributed by atoms with Crippen molar-refractivity contribution in [3.63, 3.8) is 0 Å². The van der Waals surface area contributed by atoms with Crippen molar-refractivity contribution < 1.29 is 4.79 Å². The molecule has 2 heterocycles. The molecule has 0 bridgehead atoms. The predicted molar refractivity (Wildman–Crippen MR) is 119 cm³/mol. The molecule has 1 N–H and O–H groups in total. The maximum absolute atomic E-state index is 12.9. The minimum absolute atomic E-state index is 0.269. The first-order valence-corrected chi connectivity index (χ1v) is 11.8. The zero-order valence-corrected chi connectivity index (χ0v) is 18.7. The Balaban J connectivity index is 1.53. The Morgan fingerprint density at radius 1 is 1.28 bits per heavy atom. The van der Waals surface area contributed by atoms with Gasteiger partial charge in [0.05, 0.1) is 10.0 Å². The van der Waals surface area contributed by atoms with Crippen molar-refractivity contribution in [1.29, 1.82) is 5.26 Å². The summed E-state index contributed by atoms with van der Waals surface area (Å²) in [6.07, 6.45) is 5.69. The second-order valence-corrected chi connectivity index (χ2v) is 9.51. The first-order chi connectivity index (χ1) is 14.2. The van der Waals surface area contributed by atoms with Crippen molar-refractivity contribution in [3.05, 3.63) is 68.3 Å². The summed E-state index contributed by atoms with van der Waals surface area (Å²) in [7, 11) is 0. The van der Waals surface area contributed by atoms with Crippen LogP contribution in [0.1, 0.15) is 44.9 Å². The minimum Gasteiger partial charge on any atom is -0.311 e. The van der Waals surface area contributed by atoms with Gasteiger partial charge in [-0.25, -0.2) is 9.97 Å². The second kappa shape index (κ2) is 9.08. The normalized spacial score (nSPS) is 12.8. The second-order valence-electron chi connectivity index (χ2n) is 6.60. The van der Waals surface area contributed by atoms with E-state index in [2.05, 4.69) is 37.3 Å². The molecule has 0 atom stereocenters. The molecule has 4 rings (SSSR count). The van der Waals surface area contributed by atoms with Gasteiger partial charge in [-0.05, 0) is 52.7 Å². The van der Waals surface area contributed by atoms with Gasteiger partial charge in [0.1, 0.15) is 16.8 Å². The van der Waals surface area contributed by atoms with Crippen molar-refractivity contribution in [3.8, 4) is 6.07 Å². The Labute approximate surface area is 185 Å². The number of carbonyl (C=O) groups is 1. The van der Waals surface area contributed by atoms with Crippen LogP contribution in [-0.2, 0) is 18.6 Å². The van der Waals surface area contributed by atoms with E-state index in [1.54, 1.807) is 6.20 Å². The average molecular weight is 485 g/mol. The number of fused-ring (bicyclic) bond motifs is 1. The van der Waals surface area contributed by atoms with Crippen molar-refractivity contribution in [2.75, 3.05) is 5.32 Å². The highest BCUT2D eigenvalue weighted by Crippen LogP contribution is 2.38. The first kappa shape index (κ1) is 20.1. The number of nitriles is 1. The van der Waals surface area contributed by atoms with Gasteiger partial charge in [-0.1, -0.05) is 42.1 Å². The van der Waals surface area contributed by atoms with Crippen LogP contribution in [0.3, 0.4) is 0 Å². The summed E-state index contributed by atoms with van der Waals surface area (Å²) in [5.41, 5.74) is 3.13. The highest BCUT2D eigenvalue weighted by molar-refractivity contribution is 9.10. The third-order valence-electron chi connectivity index (χ3n) is 4.66. The summed E-state index contributed by atoms with van der Waals surface area (Å²) >= 11 is 6.36. The maximum atomic E-state index is 12.9. The molecule has 1 aliphatic rings. The molecule has 3 aromatic rings. The van der Waals surface area contributed by atoms with E-state index in [0.717, 1.165) is 42.6 Å². The van der Waals surface area contributed by atoms with Gasteiger partial charge in [0, 0.05) is 16.8 Å². The summed E-state index contributed by atoms with van der Waals surface area (Å²) in [5, 5.41) is 13.6. The molecule has 0 aliphatic heterocycles. The molecule has 29 heavy (non-hydrogen) atoms. The van der Waals surface area contributed by atoms with Crippen LogP contribution in [0.2, 0.25) is 0 Å². The number of hydrogen-bond donors (Lipinski definition) is 1. The average Bonchev–Trinajstić information content (AvgIpc) is 3.10. The van der Waals surface area contributed by atoms with Crippen molar-refractivity contribution in [2.24, 2.45) is 0 Å². The van der Waals surface area contributed by atoms with Crippen LogP contribution in [0.5, 0.6) is 0 Å². The van der Waals surface area contributed by atoms with E-state index in [-0.39, 0.29) is 11.6 Å². The van der Waals surface area contributed by atoms with Crippen LogP contribution in [0, 0.1) is 11.3 Å². The number of carbonyl (C=O) groups excluding carboxylic acids is 1. The summed E-state index contributed by atoms with van der Waals surface area (Å²) in [4.78, 5) is 22.9. The van der Waals surface area contributed by atoms with E-state index in [0.29, 0.717) is 20.2 Å². The van der Waals surface area contributed by atoms with E-state index >= 15 is 0 Å². The molecule has 0 saturated heterocycles. The number of aryl methyl sites for hydroxylation is 1. The molecular formula is C21H17BrN4OS2. The lowest BCUT2D eigenvalue weighted by Gasteiger charge is -2.09. The number of thioether (sulfide) groups is 1. The zero-order chi connectivity index (χ0) is 20.2. The van der Waals surface area contributed by atoms with Crippen molar-refractivity contribution >= 4 is 49.9 Å². The van der Waals surface area contributed by atoms with Crippen LogP contribution in [0.4, 0.5) is 5.00 Å². The smallest absolute Gasteiger partial charge is 0.276 e. The van der Waals surface area contributed by atoms with Gasteiger partial charge in [-0.3, -0.25) is 4.79 Å². The third-order valence-corrected chi connectivity index (χ3v) is 7.38. The van der Waals surface area contributed by atoms with Gasteiger partial charge < -0.3 is 5.32 Å². The van der Waals surface area contributed by atoms with E-state index < -0.39 is 0 Å². The number of nitrogens with one attached hydrogen (secondary N) is 1. The Morgan fingerprint density at radius 2 is 2.07 bits per heavy atom. The topological polar surface area (TPSA) is 78.7 Å². The summed E-state index contributed by atoms with van der Waals surface area (Å²) in [6.45, 7) is 0. The van der Waals surface area contributed by atoms with Crippen molar-refractivity contribution in [2.45, 2.75) is 36.6 Å². The predicted octanol–water partition coefficient (Wildman–Crippen LogP) is 5.60. The number of anilines is 1. The van der Waals surface area contributed by atoms with Gasteiger partial charge in [0.15, 0.2) is 5.16 Å². The van der Waals surface area contributed by atoms with Gasteiger partial charge in [-0.2, -0.15) is 5.26 Å². The molecule has 0 unspecified atom stereocenters. The van der Waals surface area contributed by atoms with Gasteiger partial charge in [0.25, 0.3) is 5.91 Å². The maximum Gasteiger partial charge on any atom is 0.276 e.